The predicted molar refractivity (Wildman–Crippen MR) is 94.7 cm³/mol. The number of ketones is 1. The van der Waals surface area contributed by atoms with Gasteiger partial charge in [0.2, 0.25) is 0 Å². The Bertz CT molecular complexity index is 696. The van der Waals surface area contributed by atoms with E-state index in [1.54, 1.807) is 48.5 Å². The highest BCUT2D eigenvalue weighted by atomic mass is 35.5. The smallest absolute Gasteiger partial charge is 0.258 e. The molecule has 1 atom stereocenters. The summed E-state index contributed by atoms with van der Waals surface area (Å²) in [5.74, 6) is 0.292. The molecule has 2 rings (SSSR count). The first kappa shape index (κ1) is 18.0. The Morgan fingerprint density at radius 3 is 2.12 bits per heavy atom. The lowest BCUT2D eigenvalue weighted by Gasteiger charge is -2.12. The van der Waals surface area contributed by atoms with E-state index in [9.17, 15) is 9.59 Å². The number of hydrogen-bond acceptors (Lipinski definition) is 3. The molecule has 0 saturated heterocycles. The van der Waals surface area contributed by atoms with Gasteiger partial charge in [0.25, 0.3) is 5.91 Å². The Labute approximate surface area is 146 Å². The van der Waals surface area contributed by atoms with E-state index in [1.807, 2.05) is 13.8 Å². The van der Waals surface area contributed by atoms with Crippen molar-refractivity contribution in [3.05, 3.63) is 64.7 Å². The number of hydrogen-bond donors (Lipinski definition) is 1. The largest absolute Gasteiger partial charge is 0.484 e. The van der Waals surface area contributed by atoms with Gasteiger partial charge >= 0.3 is 0 Å². The summed E-state index contributed by atoms with van der Waals surface area (Å²) < 4.78 is 5.43. The van der Waals surface area contributed by atoms with Crippen LogP contribution in [0.15, 0.2) is 48.5 Å². The average Bonchev–Trinajstić information content (AvgIpc) is 2.60. The summed E-state index contributed by atoms with van der Waals surface area (Å²) in [5.41, 5.74) is 1.12. The Morgan fingerprint density at radius 2 is 1.58 bits per heavy atom. The lowest BCUT2D eigenvalue weighted by Crippen LogP contribution is -2.35. The minimum absolute atomic E-state index is 0.0468. The van der Waals surface area contributed by atoms with Gasteiger partial charge in [0.1, 0.15) is 5.75 Å². The maximum absolute atomic E-state index is 12.3. The third-order valence-electron chi connectivity index (χ3n) is 3.61. The number of carbonyl (C=O) groups excluding carboxylic acids is 2. The lowest BCUT2D eigenvalue weighted by molar-refractivity contribution is -0.123. The fraction of sp³-hybridized carbons (Fsp3) is 0.263. The van der Waals surface area contributed by atoms with Gasteiger partial charge in [0.15, 0.2) is 12.4 Å². The molecule has 0 heterocycles. The fourth-order valence-corrected chi connectivity index (χ4v) is 2.16. The van der Waals surface area contributed by atoms with Crippen LogP contribution in [0.3, 0.4) is 0 Å². The van der Waals surface area contributed by atoms with Gasteiger partial charge in [-0.1, -0.05) is 18.5 Å². The predicted octanol–water partition coefficient (Wildman–Crippen LogP) is 3.86. The van der Waals surface area contributed by atoms with Crippen molar-refractivity contribution in [1.82, 2.24) is 5.32 Å². The molecule has 2 aromatic carbocycles. The molecule has 0 unspecified atom stereocenters. The zero-order valence-corrected chi connectivity index (χ0v) is 14.5. The first-order valence-corrected chi connectivity index (χ1v) is 8.20. The SMILES string of the molecule is CC[C@@H](C)NC(=O)COc1ccc(C(=O)c2ccc(Cl)cc2)cc1. The zero-order chi connectivity index (χ0) is 17.5. The molecular weight excluding hydrogens is 326 g/mol. The topological polar surface area (TPSA) is 55.4 Å². The van der Waals surface area contributed by atoms with Crippen molar-refractivity contribution in [1.29, 1.82) is 0 Å². The Balaban J connectivity index is 1.94. The maximum atomic E-state index is 12.3. The van der Waals surface area contributed by atoms with Crippen LogP contribution in [0.2, 0.25) is 5.02 Å². The summed E-state index contributed by atoms with van der Waals surface area (Å²) in [6.07, 6.45) is 0.868. The van der Waals surface area contributed by atoms with Crippen LogP contribution in [0.1, 0.15) is 36.2 Å². The van der Waals surface area contributed by atoms with E-state index < -0.39 is 0 Å². The van der Waals surface area contributed by atoms with Crippen LogP contribution in [0.4, 0.5) is 0 Å². The van der Waals surface area contributed by atoms with Gasteiger partial charge in [-0.05, 0) is 61.9 Å². The first-order valence-electron chi connectivity index (χ1n) is 7.82. The molecule has 24 heavy (non-hydrogen) atoms. The van der Waals surface area contributed by atoms with Gasteiger partial charge in [-0.15, -0.1) is 0 Å². The van der Waals surface area contributed by atoms with Gasteiger partial charge in [-0.3, -0.25) is 9.59 Å². The van der Waals surface area contributed by atoms with Crippen molar-refractivity contribution in [3.63, 3.8) is 0 Å². The quantitative estimate of drug-likeness (QED) is 0.775. The maximum Gasteiger partial charge on any atom is 0.258 e. The Morgan fingerprint density at radius 1 is 1.04 bits per heavy atom. The number of nitrogens with one attached hydrogen (secondary N) is 1. The first-order chi connectivity index (χ1) is 11.5. The minimum Gasteiger partial charge on any atom is -0.484 e. The Hall–Kier alpha value is -2.33. The van der Waals surface area contributed by atoms with E-state index in [0.717, 1.165) is 6.42 Å². The molecule has 0 spiro atoms. The molecule has 0 fully saturated rings. The zero-order valence-electron chi connectivity index (χ0n) is 13.7. The summed E-state index contributed by atoms with van der Waals surface area (Å²) in [7, 11) is 0. The normalized spacial score (nSPS) is 11.6. The second-order valence-electron chi connectivity index (χ2n) is 5.53. The molecule has 126 valence electrons. The van der Waals surface area contributed by atoms with Crippen molar-refractivity contribution in [3.8, 4) is 5.75 Å². The molecule has 0 aliphatic heterocycles. The molecule has 0 aliphatic rings. The number of benzene rings is 2. The van der Waals surface area contributed by atoms with E-state index in [-0.39, 0.29) is 24.3 Å². The molecule has 1 amide bonds. The molecule has 0 aromatic heterocycles. The van der Waals surface area contributed by atoms with E-state index in [1.165, 1.54) is 0 Å². The van der Waals surface area contributed by atoms with Crippen LogP contribution in [0, 0.1) is 0 Å². The number of halogens is 1. The van der Waals surface area contributed by atoms with Gasteiger partial charge in [-0.2, -0.15) is 0 Å². The third-order valence-corrected chi connectivity index (χ3v) is 3.86. The van der Waals surface area contributed by atoms with Gasteiger partial charge in [-0.25, -0.2) is 0 Å². The molecule has 2 aromatic rings. The van der Waals surface area contributed by atoms with Crippen molar-refractivity contribution < 1.29 is 14.3 Å². The second-order valence-corrected chi connectivity index (χ2v) is 5.96. The average molecular weight is 346 g/mol. The highest BCUT2D eigenvalue weighted by Gasteiger charge is 2.10. The molecule has 0 radical (unpaired) electrons. The fourth-order valence-electron chi connectivity index (χ4n) is 2.04. The Kier molecular flexibility index (Phi) is 6.38. The van der Waals surface area contributed by atoms with Gasteiger partial charge < -0.3 is 10.1 Å². The monoisotopic (exact) mass is 345 g/mol. The van der Waals surface area contributed by atoms with Crippen LogP contribution in [0.5, 0.6) is 5.75 Å². The summed E-state index contributed by atoms with van der Waals surface area (Å²) in [6, 6.07) is 13.6. The summed E-state index contributed by atoms with van der Waals surface area (Å²) in [6.45, 7) is 3.89. The highest BCUT2D eigenvalue weighted by Crippen LogP contribution is 2.17. The van der Waals surface area contributed by atoms with Crippen molar-refractivity contribution >= 4 is 23.3 Å². The number of ether oxygens (including phenoxy) is 1. The van der Waals surface area contributed by atoms with Crippen LogP contribution >= 0.6 is 11.6 Å². The summed E-state index contributed by atoms with van der Waals surface area (Å²) in [4.78, 5) is 24.0. The summed E-state index contributed by atoms with van der Waals surface area (Å²) >= 11 is 5.82. The molecule has 0 saturated carbocycles. The number of carbonyl (C=O) groups is 2. The molecule has 0 bridgehead atoms. The molecule has 0 aliphatic carbocycles. The standard InChI is InChI=1S/C19H20ClNO3/c1-3-13(2)21-18(22)12-24-17-10-6-15(7-11-17)19(23)14-4-8-16(20)9-5-14/h4-11,13H,3,12H2,1-2H3,(H,21,22)/t13-/m1/s1. The van der Waals surface area contributed by atoms with E-state index in [0.29, 0.717) is 21.9 Å². The summed E-state index contributed by atoms with van der Waals surface area (Å²) in [5, 5.41) is 3.42. The van der Waals surface area contributed by atoms with Crippen molar-refractivity contribution in [2.24, 2.45) is 0 Å². The van der Waals surface area contributed by atoms with Crippen molar-refractivity contribution in [2.75, 3.05) is 6.61 Å². The van der Waals surface area contributed by atoms with Crippen LogP contribution in [-0.4, -0.2) is 24.3 Å². The molecule has 4 nitrogen and oxygen atoms in total. The van der Waals surface area contributed by atoms with E-state index in [4.69, 9.17) is 16.3 Å². The number of rotatable bonds is 7. The molecular formula is C19H20ClNO3. The van der Waals surface area contributed by atoms with Crippen LogP contribution in [0.25, 0.3) is 0 Å². The van der Waals surface area contributed by atoms with E-state index >= 15 is 0 Å². The lowest BCUT2D eigenvalue weighted by atomic mass is 10.0. The van der Waals surface area contributed by atoms with Gasteiger partial charge in [0, 0.05) is 22.2 Å². The number of amides is 1. The van der Waals surface area contributed by atoms with E-state index in [2.05, 4.69) is 5.32 Å². The van der Waals surface area contributed by atoms with Crippen LogP contribution in [-0.2, 0) is 4.79 Å². The second kappa shape index (κ2) is 8.50. The minimum atomic E-state index is -0.161. The van der Waals surface area contributed by atoms with Crippen molar-refractivity contribution in [2.45, 2.75) is 26.3 Å². The third kappa shape index (κ3) is 5.10. The highest BCUT2D eigenvalue weighted by molar-refractivity contribution is 6.30. The molecule has 5 heteroatoms. The van der Waals surface area contributed by atoms with Gasteiger partial charge in [0.05, 0.1) is 0 Å². The molecule has 1 N–H and O–H groups in total. The van der Waals surface area contributed by atoms with Crippen LogP contribution < -0.4 is 10.1 Å².